The molecule has 6 nitrogen and oxygen atoms in total. The van der Waals surface area contributed by atoms with E-state index in [0.717, 1.165) is 25.2 Å². The Bertz CT molecular complexity index is 477. The largest absolute Gasteiger partial charge is 0.383 e. The third-order valence-electron chi connectivity index (χ3n) is 3.57. The van der Waals surface area contributed by atoms with Crippen LogP contribution in [-0.4, -0.2) is 55.0 Å². The fraction of sp³-hybridized carbons (Fsp3) is 0.600. The Morgan fingerprint density at radius 3 is 2.52 bits per heavy atom. The predicted octanol–water partition coefficient (Wildman–Crippen LogP) is 2.41. The quantitative estimate of drug-likeness (QED) is 0.589. The van der Waals surface area contributed by atoms with Crippen molar-refractivity contribution < 1.29 is 4.92 Å². The maximum atomic E-state index is 10.9. The van der Waals surface area contributed by atoms with E-state index in [-0.39, 0.29) is 10.6 Å². The number of nitrogens with one attached hydrogen (secondary N) is 1. The second kappa shape index (κ2) is 7.95. The van der Waals surface area contributed by atoms with Crippen LogP contribution in [0.25, 0.3) is 0 Å². The molecule has 0 aliphatic rings. The van der Waals surface area contributed by atoms with Gasteiger partial charge in [-0.1, -0.05) is 13.0 Å². The molecule has 0 amide bonds. The molecule has 0 radical (unpaired) electrons. The molecular formula is C15H26N4O2. The summed E-state index contributed by atoms with van der Waals surface area (Å²) in [5.74, 6) is 0. The summed E-state index contributed by atoms with van der Waals surface area (Å²) < 4.78 is 0. The van der Waals surface area contributed by atoms with Crippen molar-refractivity contribution in [1.82, 2.24) is 9.80 Å². The van der Waals surface area contributed by atoms with E-state index < -0.39 is 0 Å². The van der Waals surface area contributed by atoms with E-state index in [4.69, 9.17) is 0 Å². The van der Waals surface area contributed by atoms with Gasteiger partial charge >= 0.3 is 0 Å². The summed E-state index contributed by atoms with van der Waals surface area (Å²) in [6.45, 7) is 7.06. The van der Waals surface area contributed by atoms with Crippen LogP contribution in [0.5, 0.6) is 0 Å². The van der Waals surface area contributed by atoms with Gasteiger partial charge in [0.1, 0.15) is 5.69 Å². The van der Waals surface area contributed by atoms with E-state index in [2.05, 4.69) is 43.1 Å². The Balaban J connectivity index is 2.88. The van der Waals surface area contributed by atoms with Crippen LogP contribution >= 0.6 is 0 Å². The average molecular weight is 294 g/mol. The number of benzene rings is 1. The van der Waals surface area contributed by atoms with Crippen LogP contribution in [0.2, 0.25) is 0 Å². The lowest BCUT2D eigenvalue weighted by Crippen LogP contribution is -2.39. The summed E-state index contributed by atoms with van der Waals surface area (Å²) >= 11 is 0. The molecule has 0 spiro atoms. The molecule has 118 valence electrons. The van der Waals surface area contributed by atoms with Gasteiger partial charge in [0.05, 0.1) is 4.92 Å². The molecule has 1 atom stereocenters. The maximum absolute atomic E-state index is 10.9. The average Bonchev–Trinajstić information content (AvgIpc) is 2.43. The molecule has 0 saturated carbocycles. The topological polar surface area (TPSA) is 61.6 Å². The van der Waals surface area contributed by atoms with E-state index >= 15 is 0 Å². The minimum absolute atomic E-state index is 0.116. The third kappa shape index (κ3) is 4.99. The summed E-state index contributed by atoms with van der Waals surface area (Å²) in [5.41, 5.74) is 1.76. The van der Waals surface area contributed by atoms with E-state index in [0.29, 0.717) is 11.7 Å². The first-order chi connectivity index (χ1) is 9.88. The summed E-state index contributed by atoms with van der Waals surface area (Å²) in [6, 6.07) is 5.71. The number of likely N-dealkylation sites (N-methyl/N-ethyl adjacent to an activating group) is 2. The van der Waals surface area contributed by atoms with E-state index in [1.54, 1.807) is 13.1 Å². The SMILES string of the molecule is CCN(Cc1ccc([N+](=O)[O-])c(NC)c1)C(C)CN(C)C. The zero-order chi connectivity index (χ0) is 16.0. The lowest BCUT2D eigenvalue weighted by atomic mass is 10.1. The standard InChI is InChI=1S/C15H26N4O2/c1-6-18(12(2)10-17(4)5)11-13-7-8-15(19(20)21)14(9-13)16-3/h7-9,12,16H,6,10-11H2,1-5H3. The highest BCUT2D eigenvalue weighted by Gasteiger charge is 2.16. The van der Waals surface area contributed by atoms with Crippen LogP contribution in [0.3, 0.4) is 0 Å². The van der Waals surface area contributed by atoms with Crippen LogP contribution < -0.4 is 5.32 Å². The Labute approximate surface area is 126 Å². The molecule has 0 aliphatic heterocycles. The van der Waals surface area contributed by atoms with Gasteiger partial charge < -0.3 is 10.2 Å². The number of anilines is 1. The van der Waals surface area contributed by atoms with Gasteiger partial charge in [-0.15, -0.1) is 0 Å². The number of hydrogen-bond donors (Lipinski definition) is 1. The number of nitro benzene ring substituents is 1. The minimum Gasteiger partial charge on any atom is -0.383 e. The molecule has 1 unspecified atom stereocenters. The number of nitrogens with zero attached hydrogens (tertiary/aromatic N) is 3. The Morgan fingerprint density at radius 2 is 2.05 bits per heavy atom. The molecule has 0 aliphatic carbocycles. The highest BCUT2D eigenvalue weighted by atomic mass is 16.6. The fourth-order valence-corrected chi connectivity index (χ4v) is 2.50. The van der Waals surface area contributed by atoms with Gasteiger partial charge in [-0.2, -0.15) is 0 Å². The Hall–Kier alpha value is -1.66. The summed E-state index contributed by atoms with van der Waals surface area (Å²) in [4.78, 5) is 15.1. The molecule has 1 aromatic rings. The molecule has 0 saturated heterocycles. The first-order valence-corrected chi connectivity index (χ1v) is 7.22. The monoisotopic (exact) mass is 294 g/mol. The highest BCUT2D eigenvalue weighted by Crippen LogP contribution is 2.25. The molecule has 0 fully saturated rings. The van der Waals surface area contributed by atoms with Crippen molar-refractivity contribution in [3.8, 4) is 0 Å². The maximum Gasteiger partial charge on any atom is 0.292 e. The Morgan fingerprint density at radius 1 is 1.38 bits per heavy atom. The van der Waals surface area contributed by atoms with E-state index in [1.165, 1.54) is 0 Å². The zero-order valence-corrected chi connectivity index (χ0v) is 13.6. The van der Waals surface area contributed by atoms with Gasteiger partial charge in [0.25, 0.3) is 5.69 Å². The van der Waals surface area contributed by atoms with Gasteiger partial charge in [-0.05, 0) is 39.2 Å². The Kier molecular flexibility index (Phi) is 6.58. The third-order valence-corrected chi connectivity index (χ3v) is 3.57. The zero-order valence-electron chi connectivity index (χ0n) is 13.6. The van der Waals surface area contributed by atoms with Crippen molar-refractivity contribution in [2.75, 3.05) is 39.5 Å². The first kappa shape index (κ1) is 17.4. The van der Waals surface area contributed by atoms with Gasteiger partial charge in [-0.25, -0.2) is 0 Å². The van der Waals surface area contributed by atoms with Crippen molar-refractivity contribution in [2.24, 2.45) is 0 Å². The molecule has 0 aromatic heterocycles. The highest BCUT2D eigenvalue weighted by molar-refractivity contribution is 5.62. The van der Waals surface area contributed by atoms with Crippen LogP contribution in [0.4, 0.5) is 11.4 Å². The molecule has 0 bridgehead atoms. The van der Waals surface area contributed by atoms with Crippen LogP contribution in [0.1, 0.15) is 19.4 Å². The van der Waals surface area contributed by atoms with Gasteiger partial charge in [0.15, 0.2) is 0 Å². The number of nitro groups is 1. The molecule has 21 heavy (non-hydrogen) atoms. The van der Waals surface area contributed by atoms with Crippen molar-refractivity contribution in [2.45, 2.75) is 26.4 Å². The van der Waals surface area contributed by atoms with Crippen molar-refractivity contribution in [3.05, 3.63) is 33.9 Å². The second-order valence-electron chi connectivity index (χ2n) is 5.53. The van der Waals surface area contributed by atoms with Crippen molar-refractivity contribution >= 4 is 11.4 Å². The summed E-state index contributed by atoms with van der Waals surface area (Å²) in [5, 5.41) is 13.9. The van der Waals surface area contributed by atoms with Gasteiger partial charge in [-0.3, -0.25) is 15.0 Å². The molecule has 1 aromatic carbocycles. The summed E-state index contributed by atoms with van der Waals surface area (Å²) in [7, 11) is 5.84. The molecule has 1 rings (SSSR count). The molecule has 0 heterocycles. The van der Waals surface area contributed by atoms with Crippen LogP contribution in [-0.2, 0) is 6.54 Å². The second-order valence-corrected chi connectivity index (χ2v) is 5.53. The predicted molar refractivity (Wildman–Crippen MR) is 86.7 cm³/mol. The van der Waals surface area contributed by atoms with Crippen molar-refractivity contribution in [3.63, 3.8) is 0 Å². The van der Waals surface area contributed by atoms with Crippen LogP contribution in [0, 0.1) is 10.1 Å². The number of rotatable bonds is 8. The lowest BCUT2D eigenvalue weighted by molar-refractivity contribution is -0.384. The minimum atomic E-state index is -0.359. The van der Waals surface area contributed by atoms with E-state index in [9.17, 15) is 10.1 Å². The molecule has 6 heteroatoms. The molecular weight excluding hydrogens is 268 g/mol. The summed E-state index contributed by atoms with van der Waals surface area (Å²) in [6.07, 6.45) is 0. The smallest absolute Gasteiger partial charge is 0.292 e. The van der Waals surface area contributed by atoms with E-state index in [1.807, 2.05) is 12.1 Å². The fourth-order valence-electron chi connectivity index (χ4n) is 2.50. The van der Waals surface area contributed by atoms with Gasteiger partial charge in [0.2, 0.25) is 0 Å². The van der Waals surface area contributed by atoms with Crippen molar-refractivity contribution in [1.29, 1.82) is 0 Å². The first-order valence-electron chi connectivity index (χ1n) is 7.22. The number of hydrogen-bond acceptors (Lipinski definition) is 5. The normalized spacial score (nSPS) is 12.7. The molecule has 1 N–H and O–H groups in total. The van der Waals surface area contributed by atoms with Gasteiger partial charge in [0, 0.05) is 32.2 Å². The lowest BCUT2D eigenvalue weighted by Gasteiger charge is -2.30. The van der Waals surface area contributed by atoms with Crippen LogP contribution in [0.15, 0.2) is 18.2 Å².